The molecule has 2 rings (SSSR count). The summed E-state index contributed by atoms with van der Waals surface area (Å²) in [5.74, 6) is 0.237. The van der Waals surface area contributed by atoms with Crippen molar-refractivity contribution in [2.45, 2.75) is 19.6 Å². The van der Waals surface area contributed by atoms with Crippen LogP contribution in [0.2, 0.25) is 0 Å². The molecule has 2 aromatic heterocycles. The molecule has 2 heterocycles. The van der Waals surface area contributed by atoms with Crippen LogP contribution in [0.3, 0.4) is 0 Å². The van der Waals surface area contributed by atoms with E-state index in [0.29, 0.717) is 17.9 Å². The summed E-state index contributed by atoms with van der Waals surface area (Å²) >= 11 is 0. The van der Waals surface area contributed by atoms with E-state index in [4.69, 9.17) is 9.52 Å². The van der Waals surface area contributed by atoms with Crippen LogP contribution in [-0.4, -0.2) is 31.1 Å². The van der Waals surface area contributed by atoms with E-state index in [1.165, 1.54) is 23.3 Å². The molecule has 2 aromatic rings. The monoisotopic (exact) mass is 252 g/mol. The van der Waals surface area contributed by atoms with Gasteiger partial charge in [0.25, 0.3) is 0 Å². The number of amides is 1. The Labute approximate surface area is 102 Å². The lowest BCUT2D eigenvalue weighted by molar-refractivity contribution is 0.163. The van der Waals surface area contributed by atoms with Crippen molar-refractivity contribution in [3.63, 3.8) is 0 Å². The van der Waals surface area contributed by atoms with E-state index in [1.54, 1.807) is 6.92 Å². The number of hydrogen-bond acceptors (Lipinski definition) is 5. The van der Waals surface area contributed by atoms with Gasteiger partial charge in [0.2, 0.25) is 5.89 Å². The normalized spacial score (nSPS) is 12.3. The van der Waals surface area contributed by atoms with Crippen molar-refractivity contribution in [1.82, 2.24) is 14.8 Å². The zero-order valence-corrected chi connectivity index (χ0v) is 9.57. The Morgan fingerprint density at radius 3 is 3.06 bits per heavy atom. The zero-order valence-electron chi connectivity index (χ0n) is 9.57. The number of anilines is 1. The minimum atomic E-state index is -1.15. The van der Waals surface area contributed by atoms with Gasteiger partial charge in [-0.25, -0.2) is 9.78 Å². The molecule has 0 aliphatic heterocycles. The molecule has 1 atom stereocenters. The Morgan fingerprint density at radius 1 is 1.67 bits per heavy atom. The first-order valence-electron chi connectivity index (χ1n) is 5.19. The van der Waals surface area contributed by atoms with Gasteiger partial charge >= 0.3 is 6.09 Å². The van der Waals surface area contributed by atoms with Crippen LogP contribution in [-0.2, 0) is 6.54 Å². The second-order valence-electron chi connectivity index (χ2n) is 3.71. The van der Waals surface area contributed by atoms with Crippen molar-refractivity contribution in [3.05, 3.63) is 30.2 Å². The summed E-state index contributed by atoms with van der Waals surface area (Å²) in [6.07, 6.45) is 2.44. The highest BCUT2D eigenvalue weighted by Gasteiger charge is 2.10. The van der Waals surface area contributed by atoms with Crippen molar-refractivity contribution in [1.29, 1.82) is 0 Å². The van der Waals surface area contributed by atoms with E-state index in [1.807, 2.05) is 0 Å². The number of carbonyl (C=O) groups is 1. The molecule has 0 saturated heterocycles. The Bertz CT molecular complexity index is 546. The Morgan fingerprint density at radius 2 is 2.44 bits per heavy atom. The van der Waals surface area contributed by atoms with Gasteiger partial charge in [-0.2, -0.15) is 5.10 Å². The number of nitrogens with zero attached hydrogens (tertiary/aromatic N) is 3. The highest BCUT2D eigenvalue weighted by Crippen LogP contribution is 2.12. The van der Waals surface area contributed by atoms with E-state index in [0.717, 1.165) is 0 Å². The van der Waals surface area contributed by atoms with Crippen LogP contribution in [0.4, 0.5) is 10.5 Å². The SMILES string of the molecule is CC(O)c1nc(Cn2cc(NC(=O)O)cn2)co1. The molecular formula is C10H12N4O4. The average molecular weight is 252 g/mol. The maximum atomic E-state index is 10.4. The molecule has 1 amide bonds. The number of nitrogens with one attached hydrogen (secondary N) is 1. The van der Waals surface area contributed by atoms with Crippen molar-refractivity contribution in [3.8, 4) is 0 Å². The fourth-order valence-electron chi connectivity index (χ4n) is 1.39. The van der Waals surface area contributed by atoms with Gasteiger partial charge in [0.15, 0.2) is 0 Å². The third kappa shape index (κ3) is 2.86. The maximum Gasteiger partial charge on any atom is 0.409 e. The number of rotatable bonds is 4. The first kappa shape index (κ1) is 12.1. The van der Waals surface area contributed by atoms with Gasteiger partial charge in [-0.05, 0) is 6.92 Å². The number of aliphatic hydroxyl groups is 1. The van der Waals surface area contributed by atoms with Crippen LogP contribution in [0, 0.1) is 0 Å². The van der Waals surface area contributed by atoms with Crippen LogP contribution in [0.5, 0.6) is 0 Å². The molecule has 0 aliphatic rings. The summed E-state index contributed by atoms with van der Waals surface area (Å²) in [5, 5.41) is 23.9. The van der Waals surface area contributed by atoms with Crippen molar-refractivity contribution < 1.29 is 19.4 Å². The van der Waals surface area contributed by atoms with E-state index in [-0.39, 0.29) is 5.89 Å². The fraction of sp³-hybridized carbons (Fsp3) is 0.300. The number of oxazole rings is 1. The van der Waals surface area contributed by atoms with Crippen molar-refractivity contribution in [2.24, 2.45) is 0 Å². The predicted octanol–water partition coefficient (Wildman–Crippen LogP) is 1.06. The Kier molecular flexibility index (Phi) is 3.28. The van der Waals surface area contributed by atoms with Gasteiger partial charge < -0.3 is 14.6 Å². The predicted molar refractivity (Wildman–Crippen MR) is 60.1 cm³/mol. The van der Waals surface area contributed by atoms with Crippen LogP contribution in [0.1, 0.15) is 24.6 Å². The third-order valence-electron chi connectivity index (χ3n) is 2.14. The van der Waals surface area contributed by atoms with Gasteiger partial charge in [-0.3, -0.25) is 10.00 Å². The Hall–Kier alpha value is -2.35. The summed E-state index contributed by atoms with van der Waals surface area (Å²) < 4.78 is 6.57. The van der Waals surface area contributed by atoms with Gasteiger partial charge in [-0.1, -0.05) is 0 Å². The van der Waals surface area contributed by atoms with Gasteiger partial charge in [-0.15, -0.1) is 0 Å². The maximum absolute atomic E-state index is 10.4. The molecule has 0 spiro atoms. The summed E-state index contributed by atoms with van der Waals surface area (Å²) in [6, 6.07) is 0. The van der Waals surface area contributed by atoms with E-state index < -0.39 is 12.2 Å². The minimum absolute atomic E-state index is 0.237. The molecule has 0 radical (unpaired) electrons. The highest BCUT2D eigenvalue weighted by atomic mass is 16.4. The largest absolute Gasteiger partial charge is 0.465 e. The van der Waals surface area contributed by atoms with Crippen LogP contribution in [0.15, 0.2) is 23.1 Å². The minimum Gasteiger partial charge on any atom is -0.465 e. The molecule has 0 saturated carbocycles. The smallest absolute Gasteiger partial charge is 0.409 e. The molecular weight excluding hydrogens is 240 g/mol. The molecule has 0 fully saturated rings. The van der Waals surface area contributed by atoms with Crippen molar-refractivity contribution >= 4 is 11.8 Å². The van der Waals surface area contributed by atoms with E-state index in [9.17, 15) is 9.90 Å². The van der Waals surface area contributed by atoms with Crippen LogP contribution in [0.25, 0.3) is 0 Å². The topological polar surface area (TPSA) is 113 Å². The molecule has 0 bridgehead atoms. The number of aliphatic hydroxyl groups excluding tert-OH is 1. The van der Waals surface area contributed by atoms with E-state index >= 15 is 0 Å². The first-order chi connectivity index (χ1) is 8.54. The molecule has 8 heteroatoms. The standard InChI is InChI=1S/C10H12N4O4/c1-6(15)9-12-8(5-18-9)4-14-3-7(2-11-14)13-10(16)17/h2-3,5-6,13,15H,4H2,1H3,(H,16,17). The molecule has 18 heavy (non-hydrogen) atoms. The summed E-state index contributed by atoms with van der Waals surface area (Å²) in [6.45, 7) is 1.88. The lowest BCUT2D eigenvalue weighted by Crippen LogP contribution is -2.06. The van der Waals surface area contributed by atoms with Crippen LogP contribution >= 0.6 is 0 Å². The summed E-state index contributed by atoms with van der Waals surface area (Å²) in [7, 11) is 0. The molecule has 8 nitrogen and oxygen atoms in total. The fourth-order valence-corrected chi connectivity index (χ4v) is 1.39. The summed E-state index contributed by atoms with van der Waals surface area (Å²) in [4.78, 5) is 14.5. The average Bonchev–Trinajstić information content (AvgIpc) is 2.88. The van der Waals surface area contributed by atoms with Gasteiger partial charge in [0.1, 0.15) is 18.1 Å². The highest BCUT2D eigenvalue weighted by molar-refractivity contribution is 5.82. The molecule has 96 valence electrons. The quantitative estimate of drug-likeness (QED) is 0.749. The van der Waals surface area contributed by atoms with Gasteiger partial charge in [0.05, 0.1) is 18.4 Å². The molecule has 1 unspecified atom stereocenters. The molecule has 0 aliphatic carbocycles. The van der Waals surface area contributed by atoms with E-state index in [2.05, 4.69) is 15.4 Å². The third-order valence-corrected chi connectivity index (χ3v) is 2.14. The second-order valence-corrected chi connectivity index (χ2v) is 3.71. The number of aromatic nitrogens is 3. The lowest BCUT2D eigenvalue weighted by atomic mass is 10.4. The first-order valence-corrected chi connectivity index (χ1v) is 5.19. The second kappa shape index (κ2) is 4.88. The number of hydrogen-bond donors (Lipinski definition) is 3. The lowest BCUT2D eigenvalue weighted by Gasteiger charge is -1.97. The Balaban J connectivity index is 2.04. The molecule has 0 aromatic carbocycles. The van der Waals surface area contributed by atoms with Crippen molar-refractivity contribution in [2.75, 3.05) is 5.32 Å². The van der Waals surface area contributed by atoms with Crippen LogP contribution < -0.4 is 5.32 Å². The number of carboxylic acid groups (broad SMARTS) is 1. The zero-order chi connectivity index (χ0) is 13.1. The molecule has 3 N–H and O–H groups in total. The summed E-state index contributed by atoms with van der Waals surface area (Å²) in [5.41, 5.74) is 0.970. The van der Waals surface area contributed by atoms with Gasteiger partial charge in [0, 0.05) is 6.20 Å².